The van der Waals surface area contributed by atoms with Gasteiger partial charge >= 0.3 is 57.9 Å². The molecule has 0 aromatic carbocycles. The molecule has 4 nitrogen and oxygen atoms in total. The van der Waals surface area contributed by atoms with Crippen LogP contribution in [0.2, 0.25) is 0 Å². The average molecular weight is 285 g/mol. The van der Waals surface area contributed by atoms with Crippen molar-refractivity contribution in [3.63, 3.8) is 0 Å². The van der Waals surface area contributed by atoms with Gasteiger partial charge in [0.25, 0.3) is 0 Å². The number of hydrogen-bond donors (Lipinski definition) is 4. The summed E-state index contributed by atoms with van der Waals surface area (Å²) >= 11 is 0. The van der Waals surface area contributed by atoms with E-state index in [-0.39, 0.29) is 70.9 Å². The van der Waals surface area contributed by atoms with Crippen LogP contribution in [0.25, 0.3) is 0 Å². The molecule has 0 unspecified atom stereocenters. The number of rotatable bonds is 0. The van der Waals surface area contributed by atoms with E-state index in [9.17, 15) is 0 Å². The maximum atomic E-state index is 7.33. The van der Waals surface area contributed by atoms with Gasteiger partial charge in [-0.1, -0.05) is 0 Å². The van der Waals surface area contributed by atoms with Gasteiger partial charge in [0.1, 0.15) is 0 Å². The third-order valence-corrected chi connectivity index (χ3v) is 0. The first kappa shape index (κ1) is 22.5. The van der Waals surface area contributed by atoms with Gasteiger partial charge in [-0.05, 0) is 0 Å². The summed E-state index contributed by atoms with van der Waals surface area (Å²) in [5.41, 5.74) is 0. The molecule has 0 aromatic heterocycles. The zero-order chi connectivity index (χ0) is 4.50. The molecular formula is H10AlBaFO4Si. The summed E-state index contributed by atoms with van der Waals surface area (Å²) in [6, 6.07) is 0. The Kier molecular flexibility index (Phi) is 25.5. The quantitative estimate of drug-likeness (QED) is 0.338. The van der Waals surface area contributed by atoms with Crippen molar-refractivity contribution in [3.05, 3.63) is 0 Å². The summed E-state index contributed by atoms with van der Waals surface area (Å²) in [5.74, 6) is 0. The topological polar surface area (TPSA) is 80.9 Å². The second kappa shape index (κ2) is 9.09. The molecule has 0 bridgehead atoms. The van der Waals surface area contributed by atoms with Gasteiger partial charge in [-0.2, -0.15) is 0 Å². The van der Waals surface area contributed by atoms with Crippen LogP contribution in [0.15, 0.2) is 0 Å². The Morgan fingerprint density at radius 2 is 0.875 bits per heavy atom. The third kappa shape index (κ3) is 93.1. The predicted molar refractivity (Wildman–Crippen MR) is 35.6 cm³/mol. The zero-order valence-electron chi connectivity index (χ0n) is 2.70. The summed E-state index contributed by atoms with van der Waals surface area (Å²) < 4.78 is 0. The van der Waals surface area contributed by atoms with Gasteiger partial charge in [0.15, 0.2) is 17.4 Å². The monoisotopic (exact) mass is 286 g/mol. The molecule has 0 radical (unpaired) electrons. The van der Waals surface area contributed by atoms with E-state index in [0.717, 1.165) is 0 Å². The molecule has 0 aromatic rings. The minimum atomic E-state index is -4.61. The molecule has 0 aliphatic rings. The number of hydrogen-bond acceptors (Lipinski definition) is 4. The average Bonchev–Trinajstić information content (AvgIpc) is 0.722. The Hall–Kier alpha value is 2.09. The summed E-state index contributed by atoms with van der Waals surface area (Å²) in [7, 11) is -4.61. The molecule has 8 heavy (non-hydrogen) atoms. The van der Waals surface area contributed by atoms with Crippen LogP contribution in [0.5, 0.6) is 0 Å². The normalized spacial score (nSPS) is 7.50. The van der Waals surface area contributed by atoms with Crippen LogP contribution in [-0.4, -0.2) is 94.5 Å². The molecular weight excluding hydrogens is 275 g/mol. The van der Waals surface area contributed by atoms with Crippen LogP contribution in [0.1, 0.15) is 0 Å². The molecule has 4 N–H and O–H groups in total. The predicted octanol–water partition coefficient (Wildman–Crippen LogP) is -4.56. The van der Waals surface area contributed by atoms with Crippen LogP contribution in [0.4, 0.5) is 4.70 Å². The van der Waals surface area contributed by atoms with Crippen LogP contribution in [0, 0.1) is 0 Å². The fourth-order valence-electron chi connectivity index (χ4n) is 0. The van der Waals surface area contributed by atoms with Crippen LogP contribution in [0.3, 0.4) is 0 Å². The van der Waals surface area contributed by atoms with E-state index in [1.54, 1.807) is 0 Å². The maximum absolute atomic E-state index is 7.33. The van der Waals surface area contributed by atoms with Crippen molar-refractivity contribution in [3.8, 4) is 0 Å². The number of halogens is 1. The Balaban J connectivity index is -0.0000000267. The van der Waals surface area contributed by atoms with E-state index < -0.39 is 9.05 Å². The molecule has 50 valence electrons. The first-order chi connectivity index (χ1) is 2.00. The molecule has 0 saturated carbocycles. The van der Waals surface area contributed by atoms with E-state index in [1.165, 1.54) is 0 Å². The molecule has 0 amide bonds. The van der Waals surface area contributed by atoms with Gasteiger partial charge in [0.05, 0.1) is 0 Å². The van der Waals surface area contributed by atoms with Crippen molar-refractivity contribution in [1.82, 2.24) is 0 Å². The van der Waals surface area contributed by atoms with E-state index >= 15 is 0 Å². The first-order valence-corrected chi connectivity index (χ1v) is 2.68. The van der Waals surface area contributed by atoms with Crippen LogP contribution in [-0.2, 0) is 0 Å². The Labute approximate surface area is 97.6 Å². The molecule has 0 heterocycles. The molecule has 0 spiro atoms. The van der Waals surface area contributed by atoms with Gasteiger partial charge in [0.2, 0.25) is 0 Å². The molecule has 0 saturated heterocycles. The van der Waals surface area contributed by atoms with Crippen LogP contribution >= 0.6 is 0 Å². The minimum absolute atomic E-state index is 0. The molecule has 0 atom stereocenters. The zero-order valence-corrected chi connectivity index (χ0v) is 3.70. The summed E-state index contributed by atoms with van der Waals surface area (Å²) in [6.07, 6.45) is 0. The molecule has 0 aliphatic carbocycles. The summed E-state index contributed by atoms with van der Waals surface area (Å²) in [5, 5.41) is 0. The third-order valence-electron chi connectivity index (χ3n) is 0. The first-order valence-electron chi connectivity index (χ1n) is 0.894. The van der Waals surface area contributed by atoms with E-state index in [2.05, 4.69) is 0 Å². The molecule has 0 rings (SSSR count). The molecule has 0 aliphatic heterocycles. The Bertz CT molecular complexity index is 31.5. The van der Waals surface area contributed by atoms with Crippen molar-refractivity contribution < 1.29 is 23.9 Å². The van der Waals surface area contributed by atoms with E-state index in [1.807, 2.05) is 0 Å². The van der Waals surface area contributed by atoms with Gasteiger partial charge in [-0.15, -0.1) is 0 Å². The second-order valence-corrected chi connectivity index (χ2v) is 1.80. The summed E-state index contributed by atoms with van der Waals surface area (Å²) in [6.45, 7) is 0. The standard InChI is InChI=1S/Al.Ba.FH.H4O4Si.5H/c;;;1-5(2,3)4;;;;;/h;;1H;1-4H;;;;;. The van der Waals surface area contributed by atoms with Gasteiger partial charge in [-0.25, -0.2) is 0 Å². The Morgan fingerprint density at radius 1 is 0.875 bits per heavy atom. The van der Waals surface area contributed by atoms with Gasteiger partial charge in [-0.3, -0.25) is 4.70 Å². The van der Waals surface area contributed by atoms with Crippen molar-refractivity contribution in [2.75, 3.05) is 0 Å². The van der Waals surface area contributed by atoms with Gasteiger partial charge < -0.3 is 19.2 Å². The van der Waals surface area contributed by atoms with Crippen molar-refractivity contribution >= 4 is 75.3 Å². The van der Waals surface area contributed by atoms with Gasteiger partial charge in [0, 0.05) is 0 Å². The van der Waals surface area contributed by atoms with E-state index in [0.29, 0.717) is 0 Å². The van der Waals surface area contributed by atoms with Crippen molar-refractivity contribution in [2.45, 2.75) is 0 Å². The van der Waals surface area contributed by atoms with Crippen molar-refractivity contribution in [1.29, 1.82) is 0 Å². The summed E-state index contributed by atoms with van der Waals surface area (Å²) in [4.78, 5) is 29.3. The molecule has 8 heteroatoms. The fraction of sp³-hybridized carbons (Fsp3) is 0. The van der Waals surface area contributed by atoms with Crippen LogP contribution < -0.4 is 0 Å². The Morgan fingerprint density at radius 3 is 0.875 bits per heavy atom. The van der Waals surface area contributed by atoms with E-state index in [4.69, 9.17) is 19.2 Å². The van der Waals surface area contributed by atoms with Crippen molar-refractivity contribution in [2.24, 2.45) is 0 Å². The molecule has 0 fully saturated rings. The fourth-order valence-corrected chi connectivity index (χ4v) is 0. The second-order valence-electron chi connectivity index (χ2n) is 0.600. The SMILES string of the molecule is F.O[Si](O)(O)O.[AlH3].[BaH2].